The first-order chi connectivity index (χ1) is 8.09. The molecule has 1 N–H and O–H groups in total. The molecule has 0 saturated heterocycles. The second kappa shape index (κ2) is 4.34. The van der Waals surface area contributed by atoms with Gasteiger partial charge in [0.2, 0.25) is 0 Å². The zero-order chi connectivity index (χ0) is 12.4. The second-order valence-corrected chi connectivity index (χ2v) is 4.05. The minimum absolute atomic E-state index is 0.0131. The van der Waals surface area contributed by atoms with E-state index in [1.807, 2.05) is 0 Å². The lowest BCUT2D eigenvalue weighted by Gasteiger charge is -2.00. The summed E-state index contributed by atoms with van der Waals surface area (Å²) in [4.78, 5) is 20.9. The van der Waals surface area contributed by atoms with Gasteiger partial charge in [-0.3, -0.25) is 10.1 Å². The Morgan fingerprint density at radius 3 is 2.41 bits per heavy atom. The van der Waals surface area contributed by atoms with Gasteiger partial charge in [0.05, 0.1) is 10.5 Å². The third-order valence-electron chi connectivity index (χ3n) is 2.28. The molecule has 0 saturated carbocycles. The van der Waals surface area contributed by atoms with E-state index in [4.69, 9.17) is 5.11 Å². The van der Waals surface area contributed by atoms with E-state index in [-0.39, 0.29) is 11.3 Å². The van der Waals surface area contributed by atoms with Gasteiger partial charge in [0.1, 0.15) is 0 Å². The van der Waals surface area contributed by atoms with Gasteiger partial charge in [0.15, 0.2) is 0 Å². The molecular weight excluding hydrogens is 242 g/mol. The molecule has 0 amide bonds. The first-order valence-electron chi connectivity index (χ1n) is 4.64. The molecule has 0 unspecified atom stereocenters. The highest BCUT2D eigenvalue weighted by molar-refractivity contribution is 7.08. The standard InChI is InChI=1S/C11H7NO4S/c13-11(14)10-6-17-5-9(10)7-1-3-8(4-2-7)12(15)16/h1-6H,(H,13,14). The van der Waals surface area contributed by atoms with Crippen LogP contribution in [0.4, 0.5) is 5.69 Å². The number of benzene rings is 1. The van der Waals surface area contributed by atoms with Crippen molar-refractivity contribution in [3.8, 4) is 11.1 Å². The number of aromatic carboxylic acids is 1. The highest BCUT2D eigenvalue weighted by Gasteiger charge is 2.13. The van der Waals surface area contributed by atoms with Crippen molar-refractivity contribution in [3.05, 3.63) is 50.7 Å². The number of carboxylic acids is 1. The Bertz CT molecular complexity index is 573. The minimum atomic E-state index is -1.00. The summed E-state index contributed by atoms with van der Waals surface area (Å²) in [5.41, 5.74) is 1.44. The molecule has 0 fully saturated rings. The monoisotopic (exact) mass is 249 g/mol. The van der Waals surface area contributed by atoms with Crippen LogP contribution < -0.4 is 0 Å². The fraction of sp³-hybridized carbons (Fsp3) is 0. The molecular formula is C11H7NO4S. The number of nitro benzene ring substituents is 1. The average molecular weight is 249 g/mol. The Balaban J connectivity index is 2.43. The van der Waals surface area contributed by atoms with Crippen LogP contribution in [0.2, 0.25) is 0 Å². The van der Waals surface area contributed by atoms with Gasteiger partial charge < -0.3 is 5.11 Å². The lowest BCUT2D eigenvalue weighted by Crippen LogP contribution is -1.95. The zero-order valence-electron chi connectivity index (χ0n) is 8.49. The van der Waals surface area contributed by atoms with Crippen LogP contribution in [0.5, 0.6) is 0 Å². The van der Waals surface area contributed by atoms with Crippen molar-refractivity contribution in [1.29, 1.82) is 0 Å². The molecule has 1 aromatic carbocycles. The van der Waals surface area contributed by atoms with Crippen LogP contribution in [-0.4, -0.2) is 16.0 Å². The summed E-state index contributed by atoms with van der Waals surface area (Å²) < 4.78 is 0. The molecule has 1 heterocycles. The van der Waals surface area contributed by atoms with E-state index in [0.717, 1.165) is 0 Å². The Morgan fingerprint density at radius 2 is 1.88 bits per heavy atom. The molecule has 0 aliphatic carbocycles. The molecule has 0 aliphatic heterocycles. The van der Waals surface area contributed by atoms with Crippen molar-refractivity contribution in [2.24, 2.45) is 0 Å². The molecule has 0 aliphatic rings. The third kappa shape index (κ3) is 2.16. The van der Waals surface area contributed by atoms with Gasteiger partial charge in [-0.1, -0.05) is 0 Å². The fourth-order valence-electron chi connectivity index (χ4n) is 1.45. The van der Waals surface area contributed by atoms with Crippen molar-refractivity contribution >= 4 is 23.0 Å². The van der Waals surface area contributed by atoms with Crippen molar-refractivity contribution in [2.45, 2.75) is 0 Å². The molecule has 6 heteroatoms. The molecule has 0 radical (unpaired) electrons. The smallest absolute Gasteiger partial charge is 0.337 e. The second-order valence-electron chi connectivity index (χ2n) is 3.31. The molecule has 2 aromatic rings. The molecule has 2 rings (SSSR count). The van der Waals surface area contributed by atoms with E-state index in [1.165, 1.54) is 23.5 Å². The number of carbonyl (C=O) groups is 1. The van der Waals surface area contributed by atoms with E-state index in [2.05, 4.69) is 0 Å². The largest absolute Gasteiger partial charge is 0.478 e. The maximum Gasteiger partial charge on any atom is 0.337 e. The van der Waals surface area contributed by atoms with E-state index in [0.29, 0.717) is 11.1 Å². The number of carboxylic acid groups (broad SMARTS) is 1. The van der Waals surface area contributed by atoms with Crippen LogP contribution in [0.15, 0.2) is 35.0 Å². The Labute approximate surface area is 100 Å². The quantitative estimate of drug-likeness (QED) is 0.669. The number of thiophene rings is 1. The van der Waals surface area contributed by atoms with Crippen molar-refractivity contribution < 1.29 is 14.8 Å². The summed E-state index contributed by atoms with van der Waals surface area (Å²) in [6.07, 6.45) is 0. The van der Waals surface area contributed by atoms with E-state index < -0.39 is 10.9 Å². The highest BCUT2D eigenvalue weighted by Crippen LogP contribution is 2.28. The number of hydrogen-bond acceptors (Lipinski definition) is 4. The summed E-state index contributed by atoms with van der Waals surface area (Å²) in [5.74, 6) is -1.00. The van der Waals surface area contributed by atoms with Crippen molar-refractivity contribution in [3.63, 3.8) is 0 Å². The third-order valence-corrected chi connectivity index (χ3v) is 3.03. The summed E-state index contributed by atoms with van der Waals surface area (Å²) in [5, 5.41) is 22.7. The predicted octanol–water partition coefficient (Wildman–Crippen LogP) is 3.02. The molecule has 0 spiro atoms. The minimum Gasteiger partial charge on any atom is -0.478 e. The molecule has 1 aromatic heterocycles. The van der Waals surface area contributed by atoms with Gasteiger partial charge in [-0.15, -0.1) is 0 Å². The van der Waals surface area contributed by atoms with Crippen LogP contribution in [0.1, 0.15) is 10.4 Å². The molecule has 86 valence electrons. The average Bonchev–Trinajstić information content (AvgIpc) is 2.78. The van der Waals surface area contributed by atoms with Gasteiger partial charge in [0.25, 0.3) is 5.69 Å². The molecule has 0 atom stereocenters. The topological polar surface area (TPSA) is 80.4 Å². The Morgan fingerprint density at radius 1 is 1.24 bits per heavy atom. The maximum absolute atomic E-state index is 10.9. The Kier molecular flexibility index (Phi) is 2.88. The Hall–Kier alpha value is -2.21. The number of non-ortho nitro benzene ring substituents is 1. The van der Waals surface area contributed by atoms with E-state index in [1.54, 1.807) is 22.9 Å². The fourth-order valence-corrected chi connectivity index (χ4v) is 2.28. The van der Waals surface area contributed by atoms with Crippen LogP contribution in [0.3, 0.4) is 0 Å². The lowest BCUT2D eigenvalue weighted by molar-refractivity contribution is -0.384. The molecule has 5 nitrogen and oxygen atoms in total. The number of nitro groups is 1. The normalized spacial score (nSPS) is 10.1. The van der Waals surface area contributed by atoms with Crippen LogP contribution in [0, 0.1) is 10.1 Å². The predicted molar refractivity (Wildman–Crippen MR) is 63.4 cm³/mol. The summed E-state index contributed by atoms with van der Waals surface area (Å²) in [6, 6.07) is 5.82. The zero-order valence-corrected chi connectivity index (χ0v) is 9.31. The van der Waals surface area contributed by atoms with Crippen LogP contribution in [0.25, 0.3) is 11.1 Å². The summed E-state index contributed by atoms with van der Waals surface area (Å²) in [7, 11) is 0. The van der Waals surface area contributed by atoms with Crippen LogP contribution in [-0.2, 0) is 0 Å². The maximum atomic E-state index is 10.9. The van der Waals surface area contributed by atoms with Crippen molar-refractivity contribution in [1.82, 2.24) is 0 Å². The lowest BCUT2D eigenvalue weighted by atomic mass is 10.0. The summed E-state index contributed by atoms with van der Waals surface area (Å²) in [6.45, 7) is 0. The van der Waals surface area contributed by atoms with Gasteiger partial charge in [0, 0.05) is 23.1 Å². The van der Waals surface area contributed by atoms with Gasteiger partial charge >= 0.3 is 5.97 Å². The van der Waals surface area contributed by atoms with Crippen molar-refractivity contribution in [2.75, 3.05) is 0 Å². The van der Waals surface area contributed by atoms with Crippen LogP contribution >= 0.6 is 11.3 Å². The number of nitrogens with zero attached hydrogens (tertiary/aromatic N) is 1. The summed E-state index contributed by atoms with van der Waals surface area (Å²) >= 11 is 1.29. The first kappa shape index (κ1) is 11.3. The van der Waals surface area contributed by atoms with E-state index >= 15 is 0 Å². The van der Waals surface area contributed by atoms with Gasteiger partial charge in [-0.05, 0) is 23.1 Å². The van der Waals surface area contributed by atoms with E-state index in [9.17, 15) is 14.9 Å². The first-order valence-corrected chi connectivity index (χ1v) is 5.58. The highest BCUT2D eigenvalue weighted by atomic mass is 32.1. The van der Waals surface area contributed by atoms with Gasteiger partial charge in [-0.25, -0.2) is 4.79 Å². The number of hydrogen-bond donors (Lipinski definition) is 1. The molecule has 17 heavy (non-hydrogen) atoms. The number of rotatable bonds is 3. The molecule has 0 bridgehead atoms. The SMILES string of the molecule is O=C(O)c1cscc1-c1ccc([N+](=O)[O-])cc1. The van der Waals surface area contributed by atoms with Gasteiger partial charge in [-0.2, -0.15) is 11.3 Å².